The van der Waals surface area contributed by atoms with E-state index in [1.807, 2.05) is 40.8 Å². The van der Waals surface area contributed by atoms with Crippen LogP contribution in [0.3, 0.4) is 0 Å². The van der Waals surface area contributed by atoms with Gasteiger partial charge in [0.05, 0.1) is 103 Å². The van der Waals surface area contributed by atoms with Gasteiger partial charge in [-0.2, -0.15) is 0 Å². The smallest absolute Gasteiger partial charge is 0.337 e. The molecule has 0 saturated heterocycles. The number of hydrogen-bond donors (Lipinski definition) is 5. The van der Waals surface area contributed by atoms with Crippen molar-refractivity contribution in [2.45, 2.75) is 19.6 Å². The van der Waals surface area contributed by atoms with Crippen LogP contribution in [0.15, 0.2) is 127 Å². The zero-order valence-electron chi connectivity index (χ0n) is 44.7. The minimum atomic E-state index is -1.13. The highest BCUT2D eigenvalue weighted by molar-refractivity contribution is 14.1. The van der Waals surface area contributed by atoms with E-state index in [9.17, 15) is 28.8 Å². The van der Waals surface area contributed by atoms with Crippen molar-refractivity contribution in [2.75, 3.05) is 49.8 Å². The van der Waals surface area contributed by atoms with Crippen molar-refractivity contribution in [3.05, 3.63) is 205 Å². The molecule has 0 aromatic heterocycles. The monoisotopic (exact) mass is 1430 g/mol. The molecule has 0 radical (unpaired) electrons. The SMILES string of the molecule is COC(=O)c1ccc(Cl)c(C(=O)NCc2ccc(OC)cc2OC)c1.COc1ccc(CNC(=O)c2cc(C(=O)O)ccc2Cl)c(OC)c1.COc1ccc(CNC(=O)c2cc(I)ccc2Cl)c(OC)c1.O=C(O)c1cc(I)ccc1Cl. The lowest BCUT2D eigenvalue weighted by atomic mass is 10.1. The molecule has 7 rings (SSSR count). The molecule has 0 atom stereocenters. The highest BCUT2D eigenvalue weighted by Gasteiger charge is 2.18. The second-order valence-corrected chi connectivity index (χ2v) is 20.4. The number of ether oxygens (including phenoxy) is 7. The van der Waals surface area contributed by atoms with Crippen molar-refractivity contribution in [3.8, 4) is 34.5 Å². The molecule has 0 saturated carbocycles. The van der Waals surface area contributed by atoms with Gasteiger partial charge in [-0.15, -0.1) is 0 Å². The average molecular weight is 1430 g/mol. The summed E-state index contributed by atoms with van der Waals surface area (Å²) >= 11 is 27.9. The van der Waals surface area contributed by atoms with Crippen molar-refractivity contribution < 1.29 is 72.1 Å². The van der Waals surface area contributed by atoms with Gasteiger partial charge in [-0.3, -0.25) is 14.4 Å². The molecule has 7 aromatic rings. The Kier molecular flexibility index (Phi) is 27.6. The van der Waals surface area contributed by atoms with E-state index in [0.717, 1.165) is 23.8 Å². The summed E-state index contributed by atoms with van der Waals surface area (Å²) in [6.07, 6.45) is 0. The molecule has 0 heterocycles. The van der Waals surface area contributed by atoms with Gasteiger partial charge >= 0.3 is 17.9 Å². The highest BCUT2D eigenvalue weighted by atomic mass is 127. The van der Waals surface area contributed by atoms with Gasteiger partial charge in [-0.25, -0.2) is 14.4 Å². The van der Waals surface area contributed by atoms with Crippen molar-refractivity contribution in [3.63, 3.8) is 0 Å². The molecule has 7 aromatic carbocycles. The minimum Gasteiger partial charge on any atom is -0.497 e. The summed E-state index contributed by atoms with van der Waals surface area (Å²) in [5, 5.41) is 27.0. The van der Waals surface area contributed by atoms with Crippen LogP contribution in [0.2, 0.25) is 20.1 Å². The van der Waals surface area contributed by atoms with Crippen molar-refractivity contribution in [1.82, 2.24) is 16.0 Å². The van der Waals surface area contributed by atoms with E-state index in [1.165, 1.54) is 63.8 Å². The largest absolute Gasteiger partial charge is 0.497 e. The van der Waals surface area contributed by atoms with Gasteiger partial charge in [0.15, 0.2) is 0 Å². The number of carboxylic acid groups (broad SMARTS) is 2. The fourth-order valence-corrected chi connectivity index (χ4v) is 8.71. The van der Waals surface area contributed by atoms with E-state index in [1.54, 1.807) is 95.2 Å². The molecule has 0 aliphatic heterocycles. The van der Waals surface area contributed by atoms with Gasteiger partial charge in [-0.1, -0.05) is 46.4 Å². The maximum Gasteiger partial charge on any atom is 0.337 e. The first-order valence-electron chi connectivity index (χ1n) is 23.6. The van der Waals surface area contributed by atoms with Crippen LogP contribution >= 0.6 is 91.6 Å². The number of carbonyl (C=O) groups excluding carboxylic acids is 4. The molecule has 0 bridgehead atoms. The number of carbonyl (C=O) groups is 6. The molecule has 0 aliphatic carbocycles. The van der Waals surface area contributed by atoms with Crippen molar-refractivity contribution in [1.29, 1.82) is 0 Å². The van der Waals surface area contributed by atoms with Gasteiger partial charge in [-0.05, 0) is 154 Å². The van der Waals surface area contributed by atoms with Gasteiger partial charge in [0, 0.05) is 61.7 Å². The number of aromatic carboxylic acids is 2. The first-order valence-corrected chi connectivity index (χ1v) is 27.3. The Balaban J connectivity index is 0.000000242. The highest BCUT2D eigenvalue weighted by Crippen LogP contribution is 2.28. The van der Waals surface area contributed by atoms with E-state index in [2.05, 4.69) is 43.3 Å². The van der Waals surface area contributed by atoms with Gasteiger partial charge in [0.2, 0.25) is 0 Å². The normalized spacial score (nSPS) is 10.1. The van der Waals surface area contributed by atoms with Crippen LogP contribution in [0.5, 0.6) is 34.5 Å². The molecule has 0 spiro atoms. The number of rotatable bonds is 18. The van der Waals surface area contributed by atoms with Crippen LogP contribution in [0, 0.1) is 7.14 Å². The third-order valence-corrected chi connectivity index (χ3v) is 13.9. The van der Waals surface area contributed by atoms with Crippen molar-refractivity contribution in [2.24, 2.45) is 0 Å². The zero-order chi connectivity index (χ0) is 60.6. The summed E-state index contributed by atoms with van der Waals surface area (Å²) in [6, 6.07) is 34.5. The van der Waals surface area contributed by atoms with E-state index in [-0.39, 0.29) is 61.9 Å². The summed E-state index contributed by atoms with van der Waals surface area (Å²) in [7, 11) is 10.6. The summed E-state index contributed by atoms with van der Waals surface area (Å²) in [6.45, 7) is 0.762. The Morgan fingerprint density at radius 2 is 0.707 bits per heavy atom. The van der Waals surface area contributed by atoms with Crippen LogP contribution in [0.1, 0.15) is 78.8 Å². The van der Waals surface area contributed by atoms with Crippen LogP contribution < -0.4 is 44.4 Å². The van der Waals surface area contributed by atoms with Gasteiger partial charge < -0.3 is 59.3 Å². The van der Waals surface area contributed by atoms with Crippen LogP contribution in [0.4, 0.5) is 0 Å². The zero-order valence-corrected chi connectivity index (χ0v) is 52.1. The predicted octanol–water partition coefficient (Wildman–Crippen LogP) is 12.6. The fourth-order valence-electron chi connectivity index (χ4n) is 6.92. The first-order chi connectivity index (χ1) is 39.1. The quantitative estimate of drug-likeness (QED) is 0.0396. The average Bonchev–Trinajstić information content (AvgIpc) is 3.53. The molecule has 24 heteroatoms. The minimum absolute atomic E-state index is 0.00780. The number of amides is 3. The van der Waals surface area contributed by atoms with Gasteiger partial charge in [0.25, 0.3) is 17.7 Å². The molecule has 0 aliphatic rings. The molecular weight excluding hydrogens is 1370 g/mol. The number of hydrogen-bond acceptors (Lipinski definition) is 13. The predicted molar refractivity (Wildman–Crippen MR) is 329 cm³/mol. The first kappa shape index (κ1) is 67.3. The number of nitrogens with one attached hydrogen (secondary N) is 3. The Labute approximate surface area is 519 Å². The molecular formula is C58H53Cl4I2N3O15. The lowest BCUT2D eigenvalue weighted by molar-refractivity contribution is 0.0598. The number of methoxy groups -OCH3 is 7. The number of esters is 1. The maximum atomic E-state index is 12.4. The summed E-state index contributed by atoms with van der Waals surface area (Å²) < 4.78 is 37.7. The Morgan fingerprint density at radius 1 is 0.390 bits per heavy atom. The van der Waals surface area contributed by atoms with Gasteiger partial charge in [0.1, 0.15) is 34.5 Å². The van der Waals surface area contributed by atoms with Crippen LogP contribution in [-0.2, 0) is 24.4 Å². The third-order valence-electron chi connectivity index (χ3n) is 11.2. The van der Waals surface area contributed by atoms with Crippen LogP contribution in [-0.4, -0.2) is 95.6 Å². The second-order valence-electron chi connectivity index (χ2n) is 16.3. The standard InChI is InChI=1S/C18H18ClNO5.C17H16ClNO5.C16H15ClINO3.C7H4ClIO2/c1-23-13-6-4-12(16(9-13)24-2)10-20-17(21)14-8-11(18(22)25-3)5-7-15(14)19;1-23-12-5-3-11(15(8-12)24-2)9-19-16(20)13-7-10(17(21)22)4-6-14(13)18;1-21-12-5-3-10(15(8-12)22-2)9-19-16(20)13-7-11(18)4-6-14(13)17;8-6-2-1-4(9)3-5(6)7(10)11/h4-9H,10H2,1-3H3,(H,20,21);3-8H,9H2,1-2H3,(H,19,20)(H,21,22);3-8H,9H2,1-2H3,(H,19,20);1-3H,(H,10,11). The van der Waals surface area contributed by atoms with Crippen molar-refractivity contribution >= 4 is 127 Å². The maximum absolute atomic E-state index is 12.4. The third kappa shape index (κ3) is 20.0. The Bertz CT molecular complexity index is 3420. The summed E-state index contributed by atoms with van der Waals surface area (Å²) in [5.74, 6) is 0.0551. The Hall–Kier alpha value is -7.22. The Morgan fingerprint density at radius 3 is 1.02 bits per heavy atom. The molecule has 82 heavy (non-hydrogen) atoms. The summed E-state index contributed by atoms with van der Waals surface area (Å²) in [5.41, 5.74) is 3.53. The molecule has 18 nitrogen and oxygen atoms in total. The van der Waals surface area contributed by atoms with E-state index < -0.39 is 29.7 Å². The fraction of sp³-hybridized carbons (Fsp3) is 0.172. The van der Waals surface area contributed by atoms with E-state index in [0.29, 0.717) is 51.6 Å². The van der Waals surface area contributed by atoms with Crippen LogP contribution in [0.25, 0.3) is 0 Å². The molecule has 5 N–H and O–H groups in total. The topological polar surface area (TPSA) is 244 Å². The molecule has 432 valence electrons. The van der Waals surface area contributed by atoms with E-state index in [4.69, 9.17) is 85.0 Å². The number of carboxylic acids is 2. The van der Waals surface area contributed by atoms with E-state index >= 15 is 0 Å². The summed E-state index contributed by atoms with van der Waals surface area (Å²) in [4.78, 5) is 70.0. The molecule has 0 unspecified atom stereocenters. The molecule has 0 fully saturated rings. The lowest BCUT2D eigenvalue weighted by Gasteiger charge is -2.12. The second kappa shape index (κ2) is 33.6. The lowest BCUT2D eigenvalue weighted by Crippen LogP contribution is -2.23. The molecule has 3 amide bonds. The number of halogens is 6. The number of benzene rings is 7.